The Kier molecular flexibility index (Phi) is 3.65. The van der Waals surface area contributed by atoms with Crippen LogP contribution in [0.1, 0.15) is 27.0 Å². The highest BCUT2D eigenvalue weighted by atomic mass is 16.2. The summed E-state index contributed by atoms with van der Waals surface area (Å²) in [6.07, 6.45) is 1.82. The van der Waals surface area contributed by atoms with Gasteiger partial charge in [0.05, 0.1) is 5.56 Å². The molecule has 0 fully saturated rings. The summed E-state index contributed by atoms with van der Waals surface area (Å²) in [7, 11) is 0. The van der Waals surface area contributed by atoms with Gasteiger partial charge in [0.15, 0.2) is 0 Å². The van der Waals surface area contributed by atoms with Crippen LogP contribution < -0.4 is 5.73 Å². The van der Waals surface area contributed by atoms with Crippen LogP contribution in [-0.4, -0.2) is 23.9 Å². The quantitative estimate of drug-likeness (QED) is 0.816. The van der Waals surface area contributed by atoms with Crippen molar-refractivity contribution in [3.63, 3.8) is 0 Å². The van der Waals surface area contributed by atoms with Crippen molar-refractivity contribution in [3.05, 3.63) is 64.7 Å². The number of fused-ring (bicyclic) bond motifs is 1. The summed E-state index contributed by atoms with van der Waals surface area (Å²) in [4.78, 5) is 14.6. The first-order valence-electron chi connectivity index (χ1n) is 7.37. The summed E-state index contributed by atoms with van der Waals surface area (Å²) in [6.45, 7) is 3.49. The molecule has 0 bridgehead atoms. The van der Waals surface area contributed by atoms with E-state index < -0.39 is 0 Å². The third kappa shape index (κ3) is 2.77. The summed E-state index contributed by atoms with van der Waals surface area (Å²) in [5, 5.41) is 0. The largest absolute Gasteiger partial charge is 0.398 e. The van der Waals surface area contributed by atoms with Crippen LogP contribution in [0.15, 0.2) is 42.5 Å². The number of amides is 1. The number of benzene rings is 2. The highest BCUT2D eigenvalue weighted by molar-refractivity contribution is 5.99. The maximum absolute atomic E-state index is 12.7. The average molecular weight is 280 g/mol. The SMILES string of the molecule is Cc1ccc(C(=O)N2CCc3ccccc3CC2)c(N)c1. The molecular weight excluding hydrogens is 260 g/mol. The van der Waals surface area contributed by atoms with Gasteiger partial charge in [0, 0.05) is 18.8 Å². The molecule has 0 radical (unpaired) electrons. The van der Waals surface area contributed by atoms with Crippen LogP contribution in [0.25, 0.3) is 0 Å². The Morgan fingerprint density at radius 2 is 1.67 bits per heavy atom. The lowest BCUT2D eigenvalue weighted by molar-refractivity contribution is 0.0764. The van der Waals surface area contributed by atoms with Crippen molar-refractivity contribution in [1.82, 2.24) is 4.90 Å². The van der Waals surface area contributed by atoms with Crippen molar-refractivity contribution >= 4 is 11.6 Å². The smallest absolute Gasteiger partial charge is 0.255 e. The number of nitrogen functional groups attached to an aromatic ring is 1. The molecular formula is C18H20N2O. The molecule has 0 unspecified atom stereocenters. The van der Waals surface area contributed by atoms with Gasteiger partial charge < -0.3 is 10.6 Å². The fraction of sp³-hybridized carbons (Fsp3) is 0.278. The maximum atomic E-state index is 12.7. The fourth-order valence-electron chi connectivity index (χ4n) is 2.92. The van der Waals surface area contributed by atoms with E-state index in [1.165, 1.54) is 11.1 Å². The number of carbonyl (C=O) groups is 1. The van der Waals surface area contributed by atoms with Crippen LogP contribution in [0.3, 0.4) is 0 Å². The van der Waals surface area contributed by atoms with Gasteiger partial charge in [-0.25, -0.2) is 0 Å². The van der Waals surface area contributed by atoms with E-state index in [0.717, 1.165) is 31.5 Å². The fourth-order valence-corrected chi connectivity index (χ4v) is 2.92. The number of nitrogens with zero attached hydrogens (tertiary/aromatic N) is 1. The zero-order valence-electron chi connectivity index (χ0n) is 12.3. The van der Waals surface area contributed by atoms with Gasteiger partial charge in [-0.15, -0.1) is 0 Å². The van der Waals surface area contributed by atoms with E-state index in [4.69, 9.17) is 5.73 Å². The molecule has 0 aromatic heterocycles. The van der Waals surface area contributed by atoms with E-state index in [2.05, 4.69) is 24.3 Å². The van der Waals surface area contributed by atoms with Gasteiger partial charge in [0.25, 0.3) is 5.91 Å². The summed E-state index contributed by atoms with van der Waals surface area (Å²) in [6, 6.07) is 14.1. The predicted octanol–water partition coefficient (Wildman–Crippen LogP) is 2.82. The van der Waals surface area contributed by atoms with Crippen molar-refractivity contribution in [3.8, 4) is 0 Å². The topological polar surface area (TPSA) is 46.3 Å². The van der Waals surface area contributed by atoms with Crippen molar-refractivity contribution in [2.24, 2.45) is 0 Å². The number of carbonyl (C=O) groups excluding carboxylic acids is 1. The number of hydrogen-bond donors (Lipinski definition) is 1. The summed E-state index contributed by atoms with van der Waals surface area (Å²) in [5.74, 6) is 0.0420. The molecule has 0 spiro atoms. The second kappa shape index (κ2) is 5.60. The molecule has 2 N–H and O–H groups in total. The van der Waals surface area contributed by atoms with Gasteiger partial charge >= 0.3 is 0 Å². The van der Waals surface area contributed by atoms with Crippen molar-refractivity contribution in [2.45, 2.75) is 19.8 Å². The molecule has 1 aliphatic heterocycles. The van der Waals surface area contributed by atoms with Crippen LogP contribution in [0.5, 0.6) is 0 Å². The summed E-state index contributed by atoms with van der Waals surface area (Å²) in [5.41, 5.74) is 11.0. The minimum Gasteiger partial charge on any atom is -0.398 e. The zero-order valence-corrected chi connectivity index (χ0v) is 12.3. The van der Waals surface area contributed by atoms with Crippen LogP contribution in [-0.2, 0) is 12.8 Å². The first kappa shape index (κ1) is 13.7. The lowest BCUT2D eigenvalue weighted by atomic mass is 10.0. The molecule has 3 heteroatoms. The van der Waals surface area contributed by atoms with Crippen LogP contribution in [0, 0.1) is 6.92 Å². The maximum Gasteiger partial charge on any atom is 0.255 e. The zero-order chi connectivity index (χ0) is 14.8. The lowest BCUT2D eigenvalue weighted by Gasteiger charge is -2.21. The van der Waals surface area contributed by atoms with E-state index in [0.29, 0.717) is 11.3 Å². The first-order chi connectivity index (χ1) is 10.1. The number of anilines is 1. The molecule has 1 aliphatic rings. The third-order valence-corrected chi connectivity index (χ3v) is 4.15. The van der Waals surface area contributed by atoms with E-state index in [-0.39, 0.29) is 5.91 Å². The monoisotopic (exact) mass is 280 g/mol. The Morgan fingerprint density at radius 1 is 1.05 bits per heavy atom. The lowest BCUT2D eigenvalue weighted by Crippen LogP contribution is -2.33. The molecule has 2 aromatic rings. The van der Waals surface area contributed by atoms with Gasteiger partial charge in [-0.1, -0.05) is 30.3 Å². The van der Waals surface area contributed by atoms with Crippen molar-refractivity contribution < 1.29 is 4.79 Å². The number of nitrogens with two attached hydrogens (primary N) is 1. The minimum atomic E-state index is 0.0420. The van der Waals surface area contributed by atoms with Crippen molar-refractivity contribution in [1.29, 1.82) is 0 Å². The van der Waals surface area contributed by atoms with E-state index in [9.17, 15) is 4.79 Å². The van der Waals surface area contributed by atoms with Gasteiger partial charge in [0.1, 0.15) is 0 Å². The van der Waals surface area contributed by atoms with Crippen molar-refractivity contribution in [2.75, 3.05) is 18.8 Å². The Bertz CT molecular complexity index is 652. The van der Waals surface area contributed by atoms with Crippen LogP contribution in [0.2, 0.25) is 0 Å². The number of rotatable bonds is 1. The molecule has 1 amide bonds. The molecule has 1 heterocycles. The summed E-state index contributed by atoms with van der Waals surface area (Å²) < 4.78 is 0. The highest BCUT2D eigenvalue weighted by Crippen LogP contribution is 2.20. The molecule has 0 atom stereocenters. The third-order valence-electron chi connectivity index (χ3n) is 4.15. The predicted molar refractivity (Wildman–Crippen MR) is 85.3 cm³/mol. The number of hydrogen-bond acceptors (Lipinski definition) is 2. The molecule has 0 saturated carbocycles. The molecule has 3 rings (SSSR count). The van der Waals surface area contributed by atoms with E-state index in [1.54, 1.807) is 0 Å². The molecule has 2 aromatic carbocycles. The Labute approximate surface area is 125 Å². The normalized spacial score (nSPS) is 14.4. The second-order valence-corrected chi connectivity index (χ2v) is 5.65. The summed E-state index contributed by atoms with van der Waals surface area (Å²) >= 11 is 0. The van der Waals surface area contributed by atoms with Crippen LogP contribution in [0.4, 0.5) is 5.69 Å². The molecule has 0 aliphatic carbocycles. The van der Waals surface area contributed by atoms with Gasteiger partial charge in [-0.3, -0.25) is 4.79 Å². The van der Waals surface area contributed by atoms with E-state index in [1.807, 2.05) is 30.0 Å². The Hall–Kier alpha value is -2.29. The van der Waals surface area contributed by atoms with Crippen LogP contribution >= 0.6 is 0 Å². The minimum absolute atomic E-state index is 0.0420. The number of aryl methyl sites for hydroxylation is 1. The Balaban J connectivity index is 1.81. The van der Waals surface area contributed by atoms with Gasteiger partial charge in [-0.05, 0) is 48.6 Å². The standard InChI is InChI=1S/C18H20N2O/c1-13-6-7-16(17(19)12-13)18(21)20-10-8-14-4-2-3-5-15(14)9-11-20/h2-7,12H,8-11,19H2,1H3. The van der Waals surface area contributed by atoms with Gasteiger partial charge in [-0.2, -0.15) is 0 Å². The van der Waals surface area contributed by atoms with E-state index >= 15 is 0 Å². The Morgan fingerprint density at radius 3 is 2.24 bits per heavy atom. The molecule has 21 heavy (non-hydrogen) atoms. The highest BCUT2D eigenvalue weighted by Gasteiger charge is 2.21. The average Bonchev–Trinajstić information content (AvgIpc) is 2.69. The molecule has 0 saturated heterocycles. The second-order valence-electron chi connectivity index (χ2n) is 5.65. The molecule has 108 valence electrons. The van der Waals surface area contributed by atoms with Gasteiger partial charge in [0.2, 0.25) is 0 Å². The molecule has 3 nitrogen and oxygen atoms in total. The first-order valence-corrected chi connectivity index (χ1v) is 7.37.